The molecule has 0 aliphatic rings. The van der Waals surface area contributed by atoms with E-state index in [-0.39, 0.29) is 0 Å². The van der Waals surface area contributed by atoms with Crippen LogP contribution >= 0.6 is 0 Å². The summed E-state index contributed by atoms with van der Waals surface area (Å²) < 4.78 is 11.2. The molecule has 63 heavy (non-hydrogen) atoms. The summed E-state index contributed by atoms with van der Waals surface area (Å²) in [6, 6.07) is 74.4. The standard InChI is InChI=1S/C57H35N5O/c1-3-17-36(18-4-1)37-19-13-20-38(35-37)55-58-56(60-57(59-55)45-28-16-34-51-53(45)43-25-9-12-33-50(43)63-51)44-27-15-31-48-52(44)42-24-8-11-30-47(42)62(48)49-32-14-26-41-40-23-7-10-29-46(40)61(54(41)49)39-21-5-2-6-22-39/h1-35H. The quantitative estimate of drug-likeness (QED) is 0.168. The fourth-order valence-corrected chi connectivity index (χ4v) is 9.67. The summed E-state index contributed by atoms with van der Waals surface area (Å²) in [6.07, 6.45) is 0. The van der Waals surface area contributed by atoms with Crippen molar-refractivity contribution >= 4 is 65.6 Å². The second-order valence-corrected chi connectivity index (χ2v) is 15.9. The van der Waals surface area contributed by atoms with Gasteiger partial charge in [0.1, 0.15) is 11.2 Å². The number of hydrogen-bond acceptors (Lipinski definition) is 4. The molecule has 0 atom stereocenters. The summed E-state index contributed by atoms with van der Waals surface area (Å²) in [5.41, 5.74) is 13.2. The zero-order valence-electron chi connectivity index (χ0n) is 33.9. The second-order valence-electron chi connectivity index (χ2n) is 15.9. The van der Waals surface area contributed by atoms with Gasteiger partial charge in [-0.05, 0) is 65.7 Å². The molecule has 0 N–H and O–H groups in total. The van der Waals surface area contributed by atoms with Crippen LogP contribution in [0, 0.1) is 0 Å². The van der Waals surface area contributed by atoms with Gasteiger partial charge in [0.15, 0.2) is 17.5 Å². The highest BCUT2D eigenvalue weighted by molar-refractivity contribution is 6.18. The van der Waals surface area contributed by atoms with Gasteiger partial charge >= 0.3 is 0 Å². The van der Waals surface area contributed by atoms with E-state index in [1.54, 1.807) is 0 Å². The first kappa shape index (κ1) is 35.2. The van der Waals surface area contributed by atoms with Crippen LogP contribution in [0.1, 0.15) is 0 Å². The van der Waals surface area contributed by atoms with E-state index >= 15 is 0 Å². The lowest BCUT2D eigenvalue weighted by molar-refractivity contribution is 0.669. The SMILES string of the molecule is c1ccc(-c2cccc(-c3nc(-c4cccc5oc6ccccc6c45)nc(-c4cccc5c4c4ccccc4n5-c4cccc5c6ccccc6n(-c6ccccc6)c45)n3)c2)cc1. The van der Waals surface area contributed by atoms with Gasteiger partial charge < -0.3 is 13.6 Å². The summed E-state index contributed by atoms with van der Waals surface area (Å²) in [5.74, 6) is 1.76. The van der Waals surface area contributed by atoms with Gasteiger partial charge in [-0.3, -0.25) is 0 Å². The number of aromatic nitrogens is 5. The van der Waals surface area contributed by atoms with Crippen molar-refractivity contribution in [2.45, 2.75) is 0 Å². The summed E-state index contributed by atoms with van der Waals surface area (Å²) in [7, 11) is 0. The highest BCUT2D eigenvalue weighted by Crippen LogP contribution is 2.43. The first-order valence-corrected chi connectivity index (χ1v) is 21.2. The van der Waals surface area contributed by atoms with E-state index in [2.05, 4.69) is 185 Å². The average molecular weight is 806 g/mol. The van der Waals surface area contributed by atoms with Crippen molar-refractivity contribution in [3.8, 4) is 56.7 Å². The van der Waals surface area contributed by atoms with Gasteiger partial charge in [-0.15, -0.1) is 0 Å². The van der Waals surface area contributed by atoms with Gasteiger partial charge in [-0.25, -0.2) is 15.0 Å². The lowest BCUT2D eigenvalue weighted by atomic mass is 10.0. The molecule has 0 bridgehead atoms. The number of hydrogen-bond donors (Lipinski definition) is 0. The van der Waals surface area contributed by atoms with Gasteiger partial charge in [0.25, 0.3) is 0 Å². The lowest BCUT2D eigenvalue weighted by Crippen LogP contribution is -2.01. The van der Waals surface area contributed by atoms with Crippen LogP contribution in [0.5, 0.6) is 0 Å². The van der Waals surface area contributed by atoms with Crippen molar-refractivity contribution in [3.63, 3.8) is 0 Å². The van der Waals surface area contributed by atoms with Crippen molar-refractivity contribution in [1.29, 1.82) is 0 Å². The minimum atomic E-state index is 0.579. The van der Waals surface area contributed by atoms with Crippen molar-refractivity contribution < 1.29 is 4.42 Å². The van der Waals surface area contributed by atoms with E-state index in [4.69, 9.17) is 19.4 Å². The normalized spacial score (nSPS) is 11.8. The molecule has 0 unspecified atom stereocenters. The van der Waals surface area contributed by atoms with Crippen molar-refractivity contribution in [2.75, 3.05) is 0 Å². The van der Waals surface area contributed by atoms with E-state index in [1.165, 1.54) is 10.8 Å². The Morgan fingerprint density at radius 1 is 0.333 bits per heavy atom. The fourth-order valence-electron chi connectivity index (χ4n) is 9.67. The molecule has 0 amide bonds. The molecule has 0 radical (unpaired) electrons. The Morgan fingerprint density at radius 3 is 1.68 bits per heavy atom. The molecule has 4 aromatic heterocycles. The van der Waals surface area contributed by atoms with Gasteiger partial charge in [-0.2, -0.15) is 0 Å². The summed E-state index contributed by atoms with van der Waals surface area (Å²) in [6.45, 7) is 0. The van der Waals surface area contributed by atoms with Gasteiger partial charge in [0, 0.05) is 54.7 Å². The zero-order valence-corrected chi connectivity index (χ0v) is 33.9. The van der Waals surface area contributed by atoms with Crippen LogP contribution in [-0.4, -0.2) is 24.1 Å². The minimum Gasteiger partial charge on any atom is -0.456 e. The predicted molar refractivity (Wildman–Crippen MR) is 258 cm³/mol. The topological polar surface area (TPSA) is 61.7 Å². The van der Waals surface area contributed by atoms with Crippen LogP contribution in [0.4, 0.5) is 0 Å². The molecule has 0 spiro atoms. The number of furan rings is 1. The number of benzene rings is 9. The molecule has 0 fully saturated rings. The van der Waals surface area contributed by atoms with Crippen LogP contribution < -0.4 is 0 Å². The molecule has 0 aliphatic carbocycles. The second kappa shape index (κ2) is 14.0. The van der Waals surface area contributed by atoms with E-state index in [0.29, 0.717) is 17.5 Å². The van der Waals surface area contributed by atoms with Gasteiger partial charge in [0.05, 0.1) is 27.8 Å². The van der Waals surface area contributed by atoms with Gasteiger partial charge in [-0.1, -0.05) is 158 Å². The molecule has 6 heteroatoms. The number of rotatable bonds is 6. The zero-order chi connectivity index (χ0) is 41.4. The van der Waals surface area contributed by atoms with E-state index < -0.39 is 0 Å². The van der Waals surface area contributed by atoms with Crippen molar-refractivity contribution in [3.05, 3.63) is 212 Å². The third-order valence-electron chi connectivity index (χ3n) is 12.4. The Kier molecular flexibility index (Phi) is 7.80. The molecule has 4 heterocycles. The molecule has 13 aromatic rings. The highest BCUT2D eigenvalue weighted by Gasteiger charge is 2.24. The van der Waals surface area contributed by atoms with E-state index in [9.17, 15) is 0 Å². The fraction of sp³-hybridized carbons (Fsp3) is 0. The Hall–Kier alpha value is -8.61. The molecule has 6 nitrogen and oxygen atoms in total. The number of fused-ring (bicyclic) bond motifs is 9. The molecule has 0 aliphatic heterocycles. The first-order chi connectivity index (χ1) is 31.3. The van der Waals surface area contributed by atoms with Crippen LogP contribution in [0.25, 0.3) is 122 Å². The van der Waals surface area contributed by atoms with Crippen LogP contribution in [0.2, 0.25) is 0 Å². The number of para-hydroxylation sites is 5. The largest absolute Gasteiger partial charge is 0.456 e. The Balaban J connectivity index is 1.10. The molecular weight excluding hydrogens is 771 g/mol. The Morgan fingerprint density at radius 2 is 0.873 bits per heavy atom. The van der Waals surface area contributed by atoms with Crippen LogP contribution in [-0.2, 0) is 0 Å². The van der Waals surface area contributed by atoms with E-state index in [0.717, 1.165) is 94.0 Å². The van der Waals surface area contributed by atoms with Crippen molar-refractivity contribution in [2.24, 2.45) is 0 Å². The summed E-state index contributed by atoms with van der Waals surface area (Å²) in [5, 5.41) is 6.58. The molecule has 0 saturated carbocycles. The molecule has 294 valence electrons. The third kappa shape index (κ3) is 5.48. The maximum Gasteiger partial charge on any atom is 0.164 e. The number of nitrogens with zero attached hydrogens (tertiary/aromatic N) is 5. The van der Waals surface area contributed by atoms with Crippen LogP contribution in [0.3, 0.4) is 0 Å². The van der Waals surface area contributed by atoms with Crippen LogP contribution in [0.15, 0.2) is 217 Å². The molecule has 0 saturated heterocycles. The third-order valence-corrected chi connectivity index (χ3v) is 12.4. The molecule has 9 aromatic carbocycles. The lowest BCUT2D eigenvalue weighted by Gasteiger charge is -2.14. The smallest absolute Gasteiger partial charge is 0.164 e. The Bertz CT molecular complexity index is 3920. The van der Waals surface area contributed by atoms with E-state index in [1.807, 2.05) is 36.4 Å². The Labute approximate surface area is 361 Å². The predicted octanol–water partition coefficient (Wildman–Crippen LogP) is 14.6. The maximum absolute atomic E-state index is 6.37. The molecular formula is C57H35N5O. The first-order valence-electron chi connectivity index (χ1n) is 21.2. The van der Waals surface area contributed by atoms with Crippen molar-refractivity contribution in [1.82, 2.24) is 24.1 Å². The average Bonchev–Trinajstić information content (AvgIpc) is 4.03. The summed E-state index contributed by atoms with van der Waals surface area (Å²) >= 11 is 0. The highest BCUT2D eigenvalue weighted by atomic mass is 16.3. The molecule has 13 rings (SSSR count). The monoisotopic (exact) mass is 805 g/mol. The maximum atomic E-state index is 6.37. The summed E-state index contributed by atoms with van der Waals surface area (Å²) in [4.78, 5) is 16.1. The van der Waals surface area contributed by atoms with Gasteiger partial charge in [0.2, 0.25) is 0 Å². The minimum absolute atomic E-state index is 0.579.